The highest BCUT2D eigenvalue weighted by atomic mass is 32.1. The van der Waals surface area contributed by atoms with Crippen molar-refractivity contribution in [1.82, 2.24) is 5.32 Å². The van der Waals surface area contributed by atoms with Crippen LogP contribution in [0, 0.1) is 0 Å². The maximum absolute atomic E-state index is 10.3. The van der Waals surface area contributed by atoms with E-state index in [1.54, 1.807) is 24.3 Å². The average molecular weight is 417 g/mol. The Bertz CT molecular complexity index is 834. The second-order valence-electron chi connectivity index (χ2n) is 6.68. The predicted molar refractivity (Wildman–Crippen MR) is 112 cm³/mol. The fraction of sp³-hybridized carbons (Fsp3) is 0.300. The molecule has 0 radical (unpaired) electrons. The number of nitrogens with zero attached hydrogens (tertiary/aromatic N) is 2. The van der Waals surface area contributed by atoms with Gasteiger partial charge in [0.25, 0.3) is 0 Å². The second kappa shape index (κ2) is 9.40. The molecule has 0 bridgehead atoms. The molecule has 0 aliphatic heterocycles. The van der Waals surface area contributed by atoms with Gasteiger partial charge in [-0.1, -0.05) is 48.5 Å². The number of nitrogens with one attached hydrogen (secondary N) is 1. The van der Waals surface area contributed by atoms with Crippen molar-refractivity contribution in [3.8, 4) is 0 Å². The molecule has 9 heteroatoms. The van der Waals surface area contributed by atoms with Gasteiger partial charge in [0.05, 0.1) is 5.69 Å². The van der Waals surface area contributed by atoms with E-state index >= 15 is 0 Å². The fourth-order valence-corrected chi connectivity index (χ4v) is 3.19. The molecule has 154 valence electrons. The number of hydrogen-bond acceptors (Lipinski definition) is 7. The summed E-state index contributed by atoms with van der Waals surface area (Å²) in [6.07, 6.45) is -8.45. The van der Waals surface area contributed by atoms with Gasteiger partial charge in [-0.05, 0) is 29.9 Å². The van der Waals surface area contributed by atoms with Crippen molar-refractivity contribution < 1.29 is 25.5 Å². The topological polar surface area (TPSA) is 129 Å². The first-order valence-corrected chi connectivity index (χ1v) is 9.46. The summed E-state index contributed by atoms with van der Waals surface area (Å²) in [6, 6.07) is 18.4. The molecule has 8 nitrogen and oxygen atoms in total. The number of aliphatic hydroxyl groups excluding tert-OH is 5. The van der Waals surface area contributed by atoms with E-state index in [-0.39, 0.29) is 10.8 Å². The van der Waals surface area contributed by atoms with Crippen LogP contribution in [0.15, 0.2) is 65.8 Å². The highest BCUT2D eigenvalue weighted by Gasteiger charge is 2.46. The van der Waals surface area contributed by atoms with Crippen molar-refractivity contribution >= 4 is 28.7 Å². The van der Waals surface area contributed by atoms with Crippen LogP contribution in [-0.2, 0) is 6.54 Å². The molecule has 1 aliphatic carbocycles. The van der Waals surface area contributed by atoms with Crippen molar-refractivity contribution in [2.24, 2.45) is 5.10 Å². The van der Waals surface area contributed by atoms with E-state index in [1.807, 2.05) is 36.4 Å². The van der Waals surface area contributed by atoms with Gasteiger partial charge in [-0.2, -0.15) is 5.10 Å². The van der Waals surface area contributed by atoms with Crippen LogP contribution < -0.4 is 10.3 Å². The van der Waals surface area contributed by atoms with Crippen LogP contribution in [0.3, 0.4) is 0 Å². The van der Waals surface area contributed by atoms with Crippen LogP contribution in [-0.4, -0.2) is 66.9 Å². The standard InChI is InChI=1S/C20H23N3O5S/c24-15-14(16(25)18(27)19(28)17(15)26)22-23(13-9-5-2-6-10-13)20(29)21-11-12-7-3-1-4-8-12/h1-10,15-19,24-28H,11H2,(H,21,29)/b22-14-/t15-,16+,17+,18+,19-/m0/s1. The number of hydrazone groups is 1. The molecule has 0 amide bonds. The molecule has 5 atom stereocenters. The molecular weight excluding hydrogens is 394 g/mol. The smallest absolute Gasteiger partial charge is 0.194 e. The molecule has 0 spiro atoms. The Morgan fingerprint density at radius 2 is 1.34 bits per heavy atom. The second-order valence-corrected chi connectivity index (χ2v) is 7.06. The number of rotatable bonds is 4. The Balaban J connectivity index is 1.89. The highest BCUT2D eigenvalue weighted by Crippen LogP contribution is 2.22. The summed E-state index contributed by atoms with van der Waals surface area (Å²) < 4.78 is 0. The Kier molecular flexibility index (Phi) is 6.91. The van der Waals surface area contributed by atoms with E-state index in [1.165, 1.54) is 5.01 Å². The van der Waals surface area contributed by atoms with Crippen LogP contribution >= 0.6 is 12.2 Å². The zero-order valence-electron chi connectivity index (χ0n) is 15.4. The molecule has 1 aliphatic rings. The van der Waals surface area contributed by atoms with Gasteiger partial charge in [0.15, 0.2) is 5.11 Å². The van der Waals surface area contributed by atoms with Gasteiger partial charge in [0.2, 0.25) is 0 Å². The van der Waals surface area contributed by atoms with E-state index < -0.39 is 30.5 Å². The summed E-state index contributed by atoms with van der Waals surface area (Å²) in [4.78, 5) is 0. The van der Waals surface area contributed by atoms with Gasteiger partial charge in [-0.15, -0.1) is 0 Å². The van der Waals surface area contributed by atoms with Crippen LogP contribution in [0.4, 0.5) is 5.69 Å². The van der Waals surface area contributed by atoms with Crippen LogP contribution in [0.2, 0.25) is 0 Å². The summed E-state index contributed by atoms with van der Waals surface area (Å²) in [6.45, 7) is 0.420. The Labute approximate surface area is 173 Å². The van der Waals surface area contributed by atoms with E-state index in [9.17, 15) is 25.5 Å². The summed E-state index contributed by atoms with van der Waals surface area (Å²) in [7, 11) is 0. The van der Waals surface area contributed by atoms with E-state index in [4.69, 9.17) is 12.2 Å². The van der Waals surface area contributed by atoms with Gasteiger partial charge >= 0.3 is 0 Å². The summed E-state index contributed by atoms with van der Waals surface area (Å²) >= 11 is 5.45. The predicted octanol–water partition coefficient (Wildman–Crippen LogP) is -0.258. The summed E-state index contributed by atoms with van der Waals surface area (Å²) in [5.41, 5.74) is 1.23. The maximum atomic E-state index is 10.3. The lowest BCUT2D eigenvalue weighted by molar-refractivity contribution is -0.130. The zero-order chi connectivity index (χ0) is 21.0. The van der Waals surface area contributed by atoms with Gasteiger partial charge in [0, 0.05) is 6.54 Å². The number of anilines is 1. The first-order valence-electron chi connectivity index (χ1n) is 9.06. The van der Waals surface area contributed by atoms with Crippen molar-refractivity contribution in [1.29, 1.82) is 0 Å². The summed E-state index contributed by atoms with van der Waals surface area (Å²) in [5, 5.41) is 59.0. The highest BCUT2D eigenvalue weighted by molar-refractivity contribution is 7.80. The van der Waals surface area contributed by atoms with E-state index in [2.05, 4.69) is 10.4 Å². The molecule has 0 unspecified atom stereocenters. The lowest BCUT2D eigenvalue weighted by atomic mass is 9.85. The third-order valence-corrected chi connectivity index (χ3v) is 4.97. The molecule has 1 fully saturated rings. The van der Waals surface area contributed by atoms with E-state index in [0.29, 0.717) is 12.2 Å². The van der Waals surface area contributed by atoms with Gasteiger partial charge in [-0.25, -0.2) is 5.01 Å². The molecule has 6 N–H and O–H groups in total. The van der Waals surface area contributed by atoms with Gasteiger partial charge in [-0.3, -0.25) is 0 Å². The van der Waals surface area contributed by atoms with Crippen LogP contribution in [0.5, 0.6) is 0 Å². The largest absolute Gasteiger partial charge is 0.387 e. The molecule has 0 heterocycles. The Morgan fingerprint density at radius 1 is 0.828 bits per heavy atom. The zero-order valence-corrected chi connectivity index (χ0v) is 16.2. The minimum Gasteiger partial charge on any atom is -0.387 e. The number of para-hydroxylation sites is 1. The van der Waals surface area contributed by atoms with Crippen molar-refractivity contribution in [2.45, 2.75) is 37.1 Å². The molecule has 2 aromatic rings. The molecule has 2 aromatic carbocycles. The van der Waals surface area contributed by atoms with Crippen molar-refractivity contribution in [3.63, 3.8) is 0 Å². The molecule has 1 saturated carbocycles. The lowest BCUT2D eigenvalue weighted by Crippen LogP contribution is -2.62. The average Bonchev–Trinajstić information content (AvgIpc) is 2.76. The Hall–Kier alpha value is -2.40. The summed E-state index contributed by atoms with van der Waals surface area (Å²) in [5.74, 6) is 0. The molecule has 0 saturated heterocycles. The maximum Gasteiger partial charge on any atom is 0.194 e. The minimum absolute atomic E-state index is 0.182. The first kappa shape index (κ1) is 21.3. The van der Waals surface area contributed by atoms with E-state index in [0.717, 1.165) is 5.56 Å². The minimum atomic E-state index is -1.70. The molecule has 0 aromatic heterocycles. The van der Waals surface area contributed by atoms with Crippen molar-refractivity contribution in [2.75, 3.05) is 5.01 Å². The lowest BCUT2D eigenvalue weighted by Gasteiger charge is -2.37. The first-order chi connectivity index (χ1) is 13.9. The molecule has 3 rings (SSSR count). The number of hydrogen-bond donors (Lipinski definition) is 6. The SMILES string of the molecule is O[C@@H]1[C@H](O)[C@H](O)/C(=N\N(C(=S)NCc2ccccc2)c2ccccc2)[C@H](O)[C@H]1O. The van der Waals surface area contributed by atoms with Gasteiger partial charge < -0.3 is 30.8 Å². The number of aliphatic hydroxyl groups is 5. The van der Waals surface area contributed by atoms with Crippen LogP contribution in [0.25, 0.3) is 0 Å². The monoisotopic (exact) mass is 417 g/mol. The van der Waals surface area contributed by atoms with Crippen molar-refractivity contribution in [3.05, 3.63) is 66.2 Å². The molecular formula is C20H23N3O5S. The third kappa shape index (κ3) is 4.78. The molecule has 29 heavy (non-hydrogen) atoms. The van der Waals surface area contributed by atoms with Gasteiger partial charge in [0.1, 0.15) is 36.2 Å². The Morgan fingerprint density at radius 3 is 1.90 bits per heavy atom. The quantitative estimate of drug-likeness (QED) is 0.297. The number of thiocarbonyl (C=S) groups is 1. The van der Waals surface area contributed by atoms with Crippen LogP contribution in [0.1, 0.15) is 5.56 Å². The number of benzene rings is 2. The normalized spacial score (nSPS) is 28.2. The third-order valence-electron chi connectivity index (χ3n) is 4.65. The fourth-order valence-electron chi connectivity index (χ4n) is 2.97.